The van der Waals surface area contributed by atoms with Gasteiger partial charge in [-0.2, -0.15) is 0 Å². The standard InChI is InChI=1S/C20H22Cl2N4O6S/c1-13(20(28)23-2)24(11-14-7-8-15(21)9-18(14)22)19(27)12-25(33(3,31)32)16-5-4-6-17(10-16)26(29)30/h4-10,13H,11-12H2,1-3H3,(H,23,28)/t13-/m1/s1. The van der Waals surface area contributed by atoms with Crippen molar-refractivity contribution < 1.29 is 22.9 Å². The Kier molecular flexibility index (Phi) is 8.64. The Morgan fingerprint density at radius 1 is 1.18 bits per heavy atom. The maximum absolute atomic E-state index is 13.3. The van der Waals surface area contributed by atoms with Crippen molar-refractivity contribution in [1.29, 1.82) is 0 Å². The fourth-order valence-electron chi connectivity index (χ4n) is 3.00. The molecule has 0 unspecified atom stereocenters. The molecule has 0 heterocycles. The van der Waals surface area contributed by atoms with Crippen LogP contribution in [-0.2, 0) is 26.2 Å². The number of carbonyl (C=O) groups excluding carboxylic acids is 2. The molecule has 0 spiro atoms. The zero-order chi connectivity index (χ0) is 24.9. The van der Waals surface area contributed by atoms with Crippen LogP contribution < -0.4 is 9.62 Å². The molecule has 2 aromatic carbocycles. The van der Waals surface area contributed by atoms with Crippen molar-refractivity contribution in [3.63, 3.8) is 0 Å². The molecule has 2 rings (SSSR count). The molecule has 33 heavy (non-hydrogen) atoms. The van der Waals surface area contributed by atoms with E-state index in [1.165, 1.54) is 43.1 Å². The van der Waals surface area contributed by atoms with Crippen molar-refractivity contribution in [3.05, 3.63) is 68.2 Å². The van der Waals surface area contributed by atoms with E-state index in [2.05, 4.69) is 5.32 Å². The SMILES string of the molecule is CNC(=O)[C@@H](C)N(Cc1ccc(Cl)cc1Cl)C(=O)CN(c1cccc([N+](=O)[O-])c1)S(C)(=O)=O. The van der Waals surface area contributed by atoms with Gasteiger partial charge in [0.15, 0.2) is 0 Å². The molecule has 0 aliphatic carbocycles. The zero-order valence-electron chi connectivity index (χ0n) is 18.0. The lowest BCUT2D eigenvalue weighted by atomic mass is 10.1. The third-order valence-electron chi connectivity index (χ3n) is 4.78. The van der Waals surface area contributed by atoms with Crippen LogP contribution in [0.15, 0.2) is 42.5 Å². The quantitative estimate of drug-likeness (QED) is 0.402. The molecule has 0 bridgehead atoms. The number of non-ortho nitro benzene ring substituents is 1. The van der Waals surface area contributed by atoms with Gasteiger partial charge in [0, 0.05) is 35.8 Å². The number of nitro groups is 1. The average molecular weight is 517 g/mol. The van der Waals surface area contributed by atoms with Crippen LogP contribution in [0.1, 0.15) is 12.5 Å². The van der Waals surface area contributed by atoms with E-state index < -0.39 is 39.3 Å². The van der Waals surface area contributed by atoms with Gasteiger partial charge >= 0.3 is 0 Å². The summed E-state index contributed by atoms with van der Waals surface area (Å²) in [4.78, 5) is 37.2. The molecule has 10 nitrogen and oxygen atoms in total. The largest absolute Gasteiger partial charge is 0.357 e. The molecule has 1 N–H and O–H groups in total. The molecule has 0 saturated carbocycles. The van der Waals surface area contributed by atoms with Crippen LogP contribution in [0, 0.1) is 10.1 Å². The van der Waals surface area contributed by atoms with Crippen molar-refractivity contribution in [2.24, 2.45) is 0 Å². The predicted octanol–water partition coefficient (Wildman–Crippen LogP) is 2.83. The van der Waals surface area contributed by atoms with Gasteiger partial charge in [-0.1, -0.05) is 35.3 Å². The number of rotatable bonds is 9. The second-order valence-electron chi connectivity index (χ2n) is 7.09. The lowest BCUT2D eigenvalue weighted by Gasteiger charge is -2.31. The second kappa shape index (κ2) is 10.8. The molecule has 2 amide bonds. The van der Waals surface area contributed by atoms with Gasteiger partial charge in [0.2, 0.25) is 21.8 Å². The summed E-state index contributed by atoms with van der Waals surface area (Å²) < 4.78 is 25.6. The van der Waals surface area contributed by atoms with E-state index in [9.17, 15) is 28.1 Å². The summed E-state index contributed by atoms with van der Waals surface area (Å²) >= 11 is 12.1. The summed E-state index contributed by atoms with van der Waals surface area (Å²) in [5.41, 5.74) is 0.0978. The van der Waals surface area contributed by atoms with Crippen LogP contribution >= 0.6 is 23.2 Å². The lowest BCUT2D eigenvalue weighted by Crippen LogP contribution is -2.50. The molecule has 0 saturated heterocycles. The summed E-state index contributed by atoms with van der Waals surface area (Å²) in [6.07, 6.45) is 0.877. The Hall–Kier alpha value is -2.89. The number of nitrogens with one attached hydrogen (secondary N) is 1. The lowest BCUT2D eigenvalue weighted by molar-refractivity contribution is -0.384. The number of benzene rings is 2. The van der Waals surface area contributed by atoms with E-state index in [4.69, 9.17) is 23.2 Å². The van der Waals surface area contributed by atoms with Gasteiger partial charge in [-0.05, 0) is 30.7 Å². The van der Waals surface area contributed by atoms with Gasteiger partial charge in [-0.25, -0.2) is 8.42 Å². The highest BCUT2D eigenvalue weighted by Gasteiger charge is 2.30. The summed E-state index contributed by atoms with van der Waals surface area (Å²) in [6, 6.07) is 8.58. The molecule has 0 aromatic heterocycles. The number of halogens is 2. The average Bonchev–Trinajstić information content (AvgIpc) is 2.75. The highest BCUT2D eigenvalue weighted by Crippen LogP contribution is 2.25. The van der Waals surface area contributed by atoms with Crippen LogP contribution in [0.2, 0.25) is 10.0 Å². The fourth-order valence-corrected chi connectivity index (χ4v) is 4.31. The topological polar surface area (TPSA) is 130 Å². The van der Waals surface area contributed by atoms with Crippen LogP contribution in [-0.4, -0.2) is 55.9 Å². The van der Waals surface area contributed by atoms with E-state index in [0.717, 1.165) is 16.6 Å². The van der Waals surface area contributed by atoms with Crippen molar-refractivity contribution in [2.45, 2.75) is 19.5 Å². The minimum absolute atomic E-state index is 0.0582. The number of sulfonamides is 1. The van der Waals surface area contributed by atoms with Gasteiger partial charge < -0.3 is 10.2 Å². The van der Waals surface area contributed by atoms with Gasteiger partial charge in [0.25, 0.3) is 5.69 Å². The number of likely N-dealkylation sites (N-methyl/N-ethyl adjacent to an activating group) is 1. The third-order valence-corrected chi connectivity index (χ3v) is 6.50. The Labute approximate surface area is 201 Å². The number of hydrogen-bond acceptors (Lipinski definition) is 6. The highest BCUT2D eigenvalue weighted by atomic mass is 35.5. The Balaban J connectivity index is 2.45. The summed E-state index contributed by atoms with van der Waals surface area (Å²) in [5.74, 6) is -1.19. The van der Waals surface area contributed by atoms with E-state index in [-0.39, 0.29) is 22.9 Å². The van der Waals surface area contributed by atoms with Crippen LogP contribution in [0.5, 0.6) is 0 Å². The van der Waals surface area contributed by atoms with Crippen LogP contribution in [0.25, 0.3) is 0 Å². The summed E-state index contributed by atoms with van der Waals surface area (Å²) in [5, 5.41) is 14.2. The van der Waals surface area contributed by atoms with Gasteiger partial charge in [0.1, 0.15) is 12.6 Å². The van der Waals surface area contributed by atoms with Gasteiger partial charge in [-0.3, -0.25) is 24.0 Å². The van der Waals surface area contributed by atoms with E-state index in [0.29, 0.717) is 10.6 Å². The second-order valence-corrected chi connectivity index (χ2v) is 9.84. The Bertz CT molecular complexity index is 1170. The first-order valence-corrected chi connectivity index (χ1v) is 12.1. The number of amides is 2. The summed E-state index contributed by atoms with van der Waals surface area (Å²) in [7, 11) is -2.60. The van der Waals surface area contributed by atoms with E-state index >= 15 is 0 Å². The van der Waals surface area contributed by atoms with Crippen molar-refractivity contribution >= 4 is 56.4 Å². The molecular formula is C20H22Cl2N4O6S. The highest BCUT2D eigenvalue weighted by molar-refractivity contribution is 7.92. The minimum atomic E-state index is -4.01. The fraction of sp³-hybridized carbons (Fsp3) is 0.300. The maximum Gasteiger partial charge on any atom is 0.271 e. The first kappa shape index (κ1) is 26.4. The summed E-state index contributed by atoms with van der Waals surface area (Å²) in [6.45, 7) is 0.696. The zero-order valence-corrected chi connectivity index (χ0v) is 20.3. The normalized spacial score (nSPS) is 12.0. The van der Waals surface area contributed by atoms with E-state index in [1.807, 2.05) is 0 Å². The molecule has 2 aromatic rings. The molecule has 13 heteroatoms. The molecule has 0 fully saturated rings. The van der Waals surface area contributed by atoms with Gasteiger partial charge in [0.05, 0.1) is 16.9 Å². The molecule has 1 atom stereocenters. The minimum Gasteiger partial charge on any atom is -0.357 e. The molecule has 0 aliphatic heterocycles. The Morgan fingerprint density at radius 2 is 1.85 bits per heavy atom. The number of anilines is 1. The van der Waals surface area contributed by atoms with Gasteiger partial charge in [-0.15, -0.1) is 0 Å². The number of nitro benzene ring substituents is 1. The molecule has 0 radical (unpaired) electrons. The first-order chi connectivity index (χ1) is 15.3. The predicted molar refractivity (Wildman–Crippen MR) is 126 cm³/mol. The third kappa shape index (κ3) is 6.80. The number of hydrogen-bond donors (Lipinski definition) is 1. The van der Waals surface area contributed by atoms with Crippen molar-refractivity contribution in [2.75, 3.05) is 24.2 Å². The Morgan fingerprint density at radius 3 is 2.39 bits per heavy atom. The smallest absolute Gasteiger partial charge is 0.271 e. The van der Waals surface area contributed by atoms with Crippen LogP contribution in [0.3, 0.4) is 0 Å². The van der Waals surface area contributed by atoms with Crippen LogP contribution in [0.4, 0.5) is 11.4 Å². The monoisotopic (exact) mass is 516 g/mol. The molecule has 0 aliphatic rings. The molecule has 178 valence electrons. The molecular weight excluding hydrogens is 495 g/mol. The maximum atomic E-state index is 13.3. The number of carbonyl (C=O) groups is 2. The number of nitrogens with zero attached hydrogens (tertiary/aromatic N) is 3. The van der Waals surface area contributed by atoms with Crippen molar-refractivity contribution in [1.82, 2.24) is 10.2 Å². The first-order valence-electron chi connectivity index (χ1n) is 9.52. The van der Waals surface area contributed by atoms with Crippen molar-refractivity contribution in [3.8, 4) is 0 Å². The van der Waals surface area contributed by atoms with E-state index in [1.54, 1.807) is 12.1 Å².